The monoisotopic (exact) mass is 466 g/mol. The summed E-state index contributed by atoms with van der Waals surface area (Å²) in [6.07, 6.45) is 0.812. The van der Waals surface area contributed by atoms with Crippen LogP contribution in [0, 0.1) is 6.92 Å². The van der Waals surface area contributed by atoms with Gasteiger partial charge < -0.3 is 10.2 Å². The Morgan fingerprint density at radius 2 is 1.67 bits per heavy atom. The number of amides is 2. The molecular formula is C23H28Cl2N2O2S. The van der Waals surface area contributed by atoms with Crippen LogP contribution in [0.1, 0.15) is 38.3 Å². The van der Waals surface area contributed by atoms with Crippen molar-refractivity contribution in [1.29, 1.82) is 0 Å². The van der Waals surface area contributed by atoms with Gasteiger partial charge in [-0.2, -0.15) is 0 Å². The summed E-state index contributed by atoms with van der Waals surface area (Å²) >= 11 is 14.1. The molecule has 162 valence electrons. The number of hydrogen-bond donors (Lipinski definition) is 1. The lowest BCUT2D eigenvalue weighted by molar-refractivity contribution is -0.138. The van der Waals surface area contributed by atoms with E-state index >= 15 is 0 Å². The minimum atomic E-state index is -0.655. The van der Waals surface area contributed by atoms with Gasteiger partial charge in [0.15, 0.2) is 0 Å². The lowest BCUT2D eigenvalue weighted by atomic mass is 10.1. The van der Waals surface area contributed by atoms with Crippen LogP contribution in [0.3, 0.4) is 0 Å². The van der Waals surface area contributed by atoms with Gasteiger partial charge in [-0.05, 0) is 51.5 Å². The molecule has 2 atom stereocenters. The zero-order chi connectivity index (χ0) is 22.3. The Morgan fingerprint density at radius 3 is 2.23 bits per heavy atom. The molecule has 0 saturated heterocycles. The molecule has 0 bridgehead atoms. The summed E-state index contributed by atoms with van der Waals surface area (Å²) in [4.78, 5) is 28.5. The highest BCUT2D eigenvalue weighted by molar-refractivity contribution is 8.00. The molecule has 2 aromatic rings. The summed E-state index contributed by atoms with van der Waals surface area (Å²) in [6, 6.07) is 12.6. The van der Waals surface area contributed by atoms with Gasteiger partial charge in [-0.15, -0.1) is 11.8 Å². The summed E-state index contributed by atoms with van der Waals surface area (Å²) in [5, 5.41) is 3.90. The first kappa shape index (κ1) is 24.6. The lowest BCUT2D eigenvalue weighted by Crippen LogP contribution is -2.50. The van der Waals surface area contributed by atoms with Crippen molar-refractivity contribution in [2.24, 2.45) is 0 Å². The highest BCUT2D eigenvalue weighted by atomic mass is 35.5. The van der Waals surface area contributed by atoms with Gasteiger partial charge >= 0.3 is 0 Å². The second kappa shape index (κ2) is 11.6. The average Bonchev–Trinajstić information content (AvgIpc) is 2.72. The number of carbonyl (C=O) groups is 2. The molecule has 0 heterocycles. The molecule has 0 aliphatic carbocycles. The number of aryl methyl sites for hydroxylation is 1. The summed E-state index contributed by atoms with van der Waals surface area (Å²) < 4.78 is 0. The first-order chi connectivity index (χ1) is 14.2. The van der Waals surface area contributed by atoms with Crippen molar-refractivity contribution in [2.45, 2.75) is 57.6 Å². The fraction of sp³-hybridized carbons (Fsp3) is 0.391. The van der Waals surface area contributed by atoms with Gasteiger partial charge in [0.1, 0.15) is 6.04 Å². The van der Waals surface area contributed by atoms with Crippen molar-refractivity contribution in [2.75, 3.05) is 5.75 Å². The number of nitrogens with one attached hydrogen (secondary N) is 1. The lowest BCUT2D eigenvalue weighted by Gasteiger charge is -2.30. The smallest absolute Gasteiger partial charge is 0.242 e. The van der Waals surface area contributed by atoms with Gasteiger partial charge in [0, 0.05) is 33.1 Å². The van der Waals surface area contributed by atoms with Crippen molar-refractivity contribution in [1.82, 2.24) is 10.2 Å². The normalized spacial score (nSPS) is 12.9. The highest BCUT2D eigenvalue weighted by Gasteiger charge is 2.28. The van der Waals surface area contributed by atoms with E-state index in [9.17, 15) is 9.59 Å². The highest BCUT2D eigenvalue weighted by Crippen LogP contribution is 2.27. The van der Waals surface area contributed by atoms with Gasteiger partial charge in [-0.3, -0.25) is 9.59 Å². The molecule has 0 aliphatic rings. The van der Waals surface area contributed by atoms with Crippen LogP contribution in [0.5, 0.6) is 0 Å². The molecule has 0 aliphatic heterocycles. The van der Waals surface area contributed by atoms with Gasteiger partial charge in [-0.1, -0.05) is 53.9 Å². The standard InChI is InChI=1S/C23H28Cl2N2O2S/c1-5-16(3)26-23(29)17(4)27(13-19-20(24)7-6-8-21(19)25)22(28)14-30-18-11-9-15(2)10-12-18/h6-12,16-17H,5,13-14H2,1-4H3,(H,26,29)/t16-,17-/m1/s1. The molecule has 0 spiro atoms. The third-order valence-electron chi connectivity index (χ3n) is 4.94. The van der Waals surface area contributed by atoms with E-state index in [0.717, 1.165) is 16.9 Å². The minimum Gasteiger partial charge on any atom is -0.352 e. The number of nitrogens with zero attached hydrogens (tertiary/aromatic N) is 1. The molecule has 0 radical (unpaired) electrons. The number of thioether (sulfide) groups is 1. The first-order valence-corrected chi connectivity index (χ1v) is 11.7. The van der Waals surface area contributed by atoms with Gasteiger partial charge in [0.25, 0.3) is 0 Å². The zero-order valence-corrected chi connectivity index (χ0v) is 20.1. The topological polar surface area (TPSA) is 49.4 Å². The maximum Gasteiger partial charge on any atom is 0.242 e. The van der Waals surface area contributed by atoms with Crippen molar-refractivity contribution in [3.8, 4) is 0 Å². The van der Waals surface area contributed by atoms with E-state index in [1.165, 1.54) is 11.8 Å². The average molecular weight is 467 g/mol. The van der Waals surface area contributed by atoms with Crippen molar-refractivity contribution in [3.63, 3.8) is 0 Å². The van der Waals surface area contributed by atoms with Crippen molar-refractivity contribution in [3.05, 3.63) is 63.6 Å². The zero-order valence-electron chi connectivity index (χ0n) is 17.7. The van der Waals surface area contributed by atoms with E-state index in [1.54, 1.807) is 30.0 Å². The summed E-state index contributed by atoms with van der Waals surface area (Å²) in [6.45, 7) is 7.86. The molecule has 4 nitrogen and oxygen atoms in total. The molecular weight excluding hydrogens is 439 g/mol. The summed E-state index contributed by atoms with van der Waals surface area (Å²) in [5.41, 5.74) is 1.80. The SMILES string of the molecule is CC[C@@H](C)NC(=O)[C@@H](C)N(Cc1c(Cl)cccc1Cl)C(=O)CSc1ccc(C)cc1. The first-order valence-electron chi connectivity index (χ1n) is 9.95. The number of carbonyl (C=O) groups excluding carboxylic acids is 2. The van der Waals surface area contributed by atoms with Crippen molar-refractivity contribution >= 4 is 46.8 Å². The van der Waals surface area contributed by atoms with Crippen LogP contribution in [0.4, 0.5) is 0 Å². The molecule has 30 heavy (non-hydrogen) atoms. The Labute approximate surface area is 193 Å². The predicted molar refractivity (Wildman–Crippen MR) is 126 cm³/mol. The van der Waals surface area contributed by atoms with E-state index in [1.807, 2.05) is 45.0 Å². The molecule has 7 heteroatoms. The fourth-order valence-corrected chi connectivity index (χ4v) is 4.07. The quantitative estimate of drug-likeness (QED) is 0.480. The summed E-state index contributed by atoms with van der Waals surface area (Å²) in [5.74, 6) is -0.129. The molecule has 0 fully saturated rings. The van der Waals surface area contributed by atoms with Crippen LogP contribution in [0.15, 0.2) is 47.4 Å². The van der Waals surface area contributed by atoms with E-state index in [-0.39, 0.29) is 30.2 Å². The molecule has 2 rings (SSSR count). The largest absolute Gasteiger partial charge is 0.352 e. The van der Waals surface area contributed by atoms with Crippen LogP contribution in [0.25, 0.3) is 0 Å². The Morgan fingerprint density at radius 1 is 1.07 bits per heavy atom. The van der Waals surface area contributed by atoms with E-state index in [4.69, 9.17) is 23.2 Å². The van der Waals surface area contributed by atoms with Crippen LogP contribution in [-0.4, -0.2) is 34.6 Å². The predicted octanol–water partition coefficient (Wildman–Crippen LogP) is 5.73. The molecule has 0 unspecified atom stereocenters. The van der Waals surface area contributed by atoms with Crippen LogP contribution >= 0.6 is 35.0 Å². The second-order valence-electron chi connectivity index (χ2n) is 7.32. The molecule has 0 aromatic heterocycles. The molecule has 1 N–H and O–H groups in total. The molecule has 2 aromatic carbocycles. The third-order valence-corrected chi connectivity index (χ3v) is 6.65. The Kier molecular flexibility index (Phi) is 9.53. The molecule has 2 amide bonds. The second-order valence-corrected chi connectivity index (χ2v) is 9.18. The number of halogens is 2. The minimum absolute atomic E-state index is 0.0303. The van der Waals surface area contributed by atoms with E-state index in [0.29, 0.717) is 15.6 Å². The van der Waals surface area contributed by atoms with Crippen LogP contribution in [0.2, 0.25) is 10.0 Å². The Bertz CT molecular complexity index is 854. The van der Waals surface area contributed by atoms with Gasteiger partial charge in [-0.25, -0.2) is 0 Å². The third kappa shape index (κ3) is 6.93. The van der Waals surface area contributed by atoms with Crippen LogP contribution in [-0.2, 0) is 16.1 Å². The fourth-order valence-electron chi connectivity index (χ4n) is 2.76. The maximum atomic E-state index is 13.2. The van der Waals surface area contributed by atoms with Crippen LogP contribution < -0.4 is 5.32 Å². The molecule has 0 saturated carbocycles. The number of benzene rings is 2. The number of hydrogen-bond acceptors (Lipinski definition) is 3. The van der Waals surface area contributed by atoms with Gasteiger partial charge in [0.05, 0.1) is 5.75 Å². The van der Waals surface area contributed by atoms with Gasteiger partial charge in [0.2, 0.25) is 11.8 Å². The number of rotatable bonds is 9. The Balaban J connectivity index is 2.21. The summed E-state index contributed by atoms with van der Waals surface area (Å²) in [7, 11) is 0. The van der Waals surface area contributed by atoms with Crippen molar-refractivity contribution < 1.29 is 9.59 Å². The van der Waals surface area contributed by atoms with E-state index < -0.39 is 6.04 Å². The maximum absolute atomic E-state index is 13.2. The van der Waals surface area contributed by atoms with E-state index in [2.05, 4.69) is 5.32 Å². The Hall–Kier alpha value is -1.69.